The second-order valence-electron chi connectivity index (χ2n) is 7.60. The predicted molar refractivity (Wildman–Crippen MR) is 108 cm³/mol. The van der Waals surface area contributed by atoms with E-state index in [-0.39, 0.29) is 11.5 Å². The summed E-state index contributed by atoms with van der Waals surface area (Å²) in [4.78, 5) is 15.2. The number of nitrogens with one attached hydrogen (secondary N) is 1. The highest BCUT2D eigenvalue weighted by Crippen LogP contribution is 2.33. The summed E-state index contributed by atoms with van der Waals surface area (Å²) in [5.74, 6) is 1.66. The number of carbonyl (C=O) groups is 1. The lowest BCUT2D eigenvalue weighted by atomic mass is 10.0. The van der Waals surface area contributed by atoms with Gasteiger partial charge in [0.2, 0.25) is 0 Å². The Kier molecular flexibility index (Phi) is 6.24. The molecule has 3 rings (SSSR count). The van der Waals surface area contributed by atoms with Crippen LogP contribution in [0.4, 0.5) is 5.82 Å². The van der Waals surface area contributed by atoms with Crippen LogP contribution in [0.25, 0.3) is 11.3 Å². The molecule has 1 amide bonds. The largest absolute Gasteiger partial charge is 0.497 e. The average Bonchev–Trinajstić information content (AvgIpc) is 3.37. The maximum absolute atomic E-state index is 13.1. The number of ether oxygens (including phenoxy) is 2. The van der Waals surface area contributed by atoms with E-state index in [1.54, 1.807) is 14.2 Å². The summed E-state index contributed by atoms with van der Waals surface area (Å²) >= 11 is 0. The molecule has 7 heteroatoms. The summed E-state index contributed by atoms with van der Waals surface area (Å²) in [6.07, 6.45) is 2.89. The fourth-order valence-electron chi connectivity index (χ4n) is 3.24. The summed E-state index contributed by atoms with van der Waals surface area (Å²) in [6, 6.07) is 7.43. The number of carbonyl (C=O) groups excluding carboxylic acids is 1. The third-order valence-electron chi connectivity index (χ3n) is 5.22. The van der Waals surface area contributed by atoms with Gasteiger partial charge in [-0.05, 0) is 57.4 Å². The number of hydrogen-bond acceptors (Lipinski definition) is 6. The summed E-state index contributed by atoms with van der Waals surface area (Å²) in [5.41, 5.74) is 0.988. The number of nitrogens with zero attached hydrogens (tertiary/aromatic N) is 2. The van der Waals surface area contributed by atoms with Crippen molar-refractivity contribution in [3.63, 3.8) is 0 Å². The van der Waals surface area contributed by atoms with Crippen molar-refractivity contribution in [1.82, 2.24) is 10.5 Å². The van der Waals surface area contributed by atoms with Crippen molar-refractivity contribution in [1.29, 1.82) is 0 Å². The van der Waals surface area contributed by atoms with Crippen LogP contribution in [0.3, 0.4) is 0 Å². The molecule has 0 saturated carbocycles. The number of rotatable bonds is 8. The molecule has 1 fully saturated rings. The summed E-state index contributed by atoms with van der Waals surface area (Å²) < 4.78 is 16.3. The van der Waals surface area contributed by atoms with Crippen LogP contribution in [0.15, 0.2) is 28.8 Å². The van der Waals surface area contributed by atoms with E-state index in [2.05, 4.69) is 15.4 Å². The van der Waals surface area contributed by atoms with E-state index in [1.165, 1.54) is 0 Å². The van der Waals surface area contributed by atoms with Gasteiger partial charge in [-0.1, -0.05) is 5.16 Å². The fourth-order valence-corrected chi connectivity index (χ4v) is 3.24. The molecule has 0 bridgehead atoms. The monoisotopic (exact) mass is 387 g/mol. The molecule has 152 valence electrons. The lowest BCUT2D eigenvalue weighted by Crippen LogP contribution is -2.33. The predicted octanol–water partition coefficient (Wildman–Crippen LogP) is 3.50. The smallest absolute Gasteiger partial charge is 0.259 e. The normalized spacial score (nSPS) is 14.4. The Morgan fingerprint density at radius 3 is 2.50 bits per heavy atom. The minimum atomic E-state index is -0.293. The molecule has 0 atom stereocenters. The van der Waals surface area contributed by atoms with Crippen molar-refractivity contribution in [3.8, 4) is 17.1 Å². The van der Waals surface area contributed by atoms with Gasteiger partial charge in [0.25, 0.3) is 5.91 Å². The number of hydrogen-bond donors (Lipinski definition) is 1. The summed E-state index contributed by atoms with van der Waals surface area (Å²) in [5, 5.41) is 7.25. The van der Waals surface area contributed by atoms with Gasteiger partial charge in [0.05, 0.1) is 12.7 Å². The van der Waals surface area contributed by atoms with E-state index in [0.29, 0.717) is 30.1 Å². The number of anilines is 1. The van der Waals surface area contributed by atoms with Gasteiger partial charge in [-0.25, -0.2) is 0 Å². The van der Waals surface area contributed by atoms with Crippen LogP contribution in [0.5, 0.6) is 5.75 Å². The zero-order valence-corrected chi connectivity index (χ0v) is 17.1. The van der Waals surface area contributed by atoms with E-state index in [4.69, 9.17) is 14.0 Å². The van der Waals surface area contributed by atoms with Crippen LogP contribution >= 0.6 is 0 Å². The molecule has 1 N–H and O–H groups in total. The van der Waals surface area contributed by atoms with Crippen molar-refractivity contribution in [2.45, 2.75) is 38.7 Å². The molecule has 2 aromatic rings. The SMILES string of the molecule is COc1ccc(-c2onc(N3CCCC3)c2C(=O)NCCC(C)(C)OC)cc1. The quantitative estimate of drug-likeness (QED) is 0.747. The molecule has 0 unspecified atom stereocenters. The zero-order valence-electron chi connectivity index (χ0n) is 17.1. The summed E-state index contributed by atoms with van der Waals surface area (Å²) in [6.45, 7) is 6.26. The molecule has 1 aliphatic heterocycles. The van der Waals surface area contributed by atoms with E-state index < -0.39 is 0 Å². The maximum Gasteiger partial charge on any atom is 0.259 e. The molecule has 0 spiro atoms. The first-order valence-corrected chi connectivity index (χ1v) is 9.67. The van der Waals surface area contributed by atoms with Gasteiger partial charge in [-0.2, -0.15) is 0 Å². The molecule has 1 aliphatic rings. The van der Waals surface area contributed by atoms with Crippen LogP contribution in [0.1, 0.15) is 43.5 Å². The molecule has 28 heavy (non-hydrogen) atoms. The first-order valence-electron chi connectivity index (χ1n) is 9.67. The molecule has 2 heterocycles. The average molecular weight is 387 g/mol. The Hall–Kier alpha value is -2.54. The molecule has 1 aromatic carbocycles. The van der Waals surface area contributed by atoms with Gasteiger partial charge in [-0.15, -0.1) is 0 Å². The highest BCUT2D eigenvalue weighted by molar-refractivity contribution is 6.04. The van der Waals surface area contributed by atoms with Gasteiger partial charge in [-0.3, -0.25) is 4.79 Å². The zero-order chi connectivity index (χ0) is 20.1. The second-order valence-corrected chi connectivity index (χ2v) is 7.60. The second kappa shape index (κ2) is 8.65. The number of benzene rings is 1. The number of aromatic nitrogens is 1. The minimum absolute atomic E-state index is 0.180. The van der Waals surface area contributed by atoms with Gasteiger partial charge in [0.1, 0.15) is 11.3 Å². The molecule has 0 radical (unpaired) electrons. The molecule has 1 saturated heterocycles. The van der Waals surface area contributed by atoms with Gasteiger partial charge in [0, 0.05) is 32.3 Å². The Bertz CT molecular complexity index is 792. The molecular weight excluding hydrogens is 358 g/mol. The Morgan fingerprint density at radius 1 is 1.21 bits per heavy atom. The van der Waals surface area contributed by atoms with E-state index in [0.717, 1.165) is 37.2 Å². The van der Waals surface area contributed by atoms with Crippen molar-refractivity contribution in [2.75, 3.05) is 38.8 Å². The lowest BCUT2D eigenvalue weighted by molar-refractivity contribution is 0.0160. The van der Waals surface area contributed by atoms with Gasteiger partial charge >= 0.3 is 0 Å². The van der Waals surface area contributed by atoms with Gasteiger partial charge in [0.15, 0.2) is 11.6 Å². The van der Waals surface area contributed by atoms with Crippen LogP contribution in [-0.2, 0) is 4.74 Å². The number of methoxy groups -OCH3 is 2. The van der Waals surface area contributed by atoms with Crippen molar-refractivity contribution in [2.24, 2.45) is 0 Å². The van der Waals surface area contributed by atoms with Gasteiger partial charge < -0.3 is 24.2 Å². The number of amides is 1. The Labute approximate surface area is 166 Å². The van der Waals surface area contributed by atoms with E-state index in [9.17, 15) is 4.79 Å². The van der Waals surface area contributed by atoms with Crippen LogP contribution in [-0.4, -0.2) is 50.5 Å². The van der Waals surface area contributed by atoms with Crippen molar-refractivity contribution in [3.05, 3.63) is 29.8 Å². The molecular formula is C21H29N3O4. The highest BCUT2D eigenvalue weighted by Gasteiger charge is 2.29. The van der Waals surface area contributed by atoms with Crippen LogP contribution < -0.4 is 15.0 Å². The first kappa shape index (κ1) is 20.2. The first-order chi connectivity index (χ1) is 13.4. The third kappa shape index (κ3) is 4.47. The third-order valence-corrected chi connectivity index (χ3v) is 5.22. The van der Waals surface area contributed by atoms with Crippen molar-refractivity contribution < 1.29 is 18.8 Å². The van der Waals surface area contributed by atoms with E-state index >= 15 is 0 Å². The van der Waals surface area contributed by atoms with E-state index in [1.807, 2.05) is 38.1 Å². The maximum atomic E-state index is 13.1. The Morgan fingerprint density at radius 2 is 1.89 bits per heavy atom. The molecule has 1 aromatic heterocycles. The minimum Gasteiger partial charge on any atom is -0.497 e. The standard InChI is InChI=1S/C21H29N3O4/c1-21(2,27-4)11-12-22-20(25)17-18(15-7-9-16(26-3)10-8-15)28-23-19(17)24-13-5-6-14-24/h7-10H,5-6,11-14H2,1-4H3,(H,22,25). The fraction of sp³-hybridized carbons (Fsp3) is 0.524. The summed E-state index contributed by atoms with van der Waals surface area (Å²) in [7, 11) is 3.30. The van der Waals surface area contributed by atoms with Crippen LogP contribution in [0, 0.1) is 0 Å². The Balaban J connectivity index is 1.87. The topological polar surface area (TPSA) is 76.8 Å². The van der Waals surface area contributed by atoms with Crippen LogP contribution in [0.2, 0.25) is 0 Å². The van der Waals surface area contributed by atoms with Crippen molar-refractivity contribution >= 4 is 11.7 Å². The molecule has 7 nitrogen and oxygen atoms in total. The lowest BCUT2D eigenvalue weighted by Gasteiger charge is -2.23. The highest BCUT2D eigenvalue weighted by atomic mass is 16.5. The molecule has 0 aliphatic carbocycles.